The van der Waals surface area contributed by atoms with Crippen LogP contribution in [0.4, 0.5) is 0 Å². The Morgan fingerprint density at radius 2 is 2.00 bits per heavy atom. The quantitative estimate of drug-likeness (QED) is 0.858. The van der Waals surface area contributed by atoms with Gasteiger partial charge in [0.25, 0.3) is 5.91 Å². The molecule has 1 amide bonds. The number of aromatic hydroxyl groups is 1. The van der Waals surface area contributed by atoms with Crippen LogP contribution in [0.15, 0.2) is 12.1 Å². The van der Waals surface area contributed by atoms with Crippen LogP contribution in [0, 0.1) is 5.41 Å². The van der Waals surface area contributed by atoms with Crippen molar-refractivity contribution in [1.82, 2.24) is 4.90 Å². The lowest BCUT2D eigenvalue weighted by atomic mass is 9.68. The van der Waals surface area contributed by atoms with E-state index < -0.39 is 0 Å². The molecule has 1 aromatic carbocycles. The van der Waals surface area contributed by atoms with E-state index in [2.05, 4.69) is 0 Å². The number of likely N-dealkylation sites (tertiary alicyclic amines) is 1. The molecule has 5 heteroatoms. The van der Waals surface area contributed by atoms with Crippen molar-refractivity contribution in [3.63, 3.8) is 0 Å². The molecule has 3 rings (SSSR count). The number of carbonyl (C=O) groups excluding carboxylic acids is 1. The van der Waals surface area contributed by atoms with E-state index in [0.29, 0.717) is 10.4 Å². The number of halogens is 2. The number of carbonyl (C=O) groups is 1. The van der Waals surface area contributed by atoms with Gasteiger partial charge >= 0.3 is 0 Å². The third-order valence-corrected chi connectivity index (χ3v) is 5.23. The maximum absolute atomic E-state index is 12.5. The van der Waals surface area contributed by atoms with Gasteiger partial charge in [0, 0.05) is 13.1 Å². The molecule has 1 saturated carbocycles. The number of phenolic OH excluding ortho intramolecular Hbond substituents is 1. The topological polar surface area (TPSA) is 40.5 Å². The first kappa shape index (κ1) is 13.1. The lowest BCUT2D eigenvalue weighted by Gasteiger charge is -2.38. The van der Waals surface area contributed by atoms with Gasteiger partial charge in [-0.3, -0.25) is 4.79 Å². The van der Waals surface area contributed by atoms with E-state index in [4.69, 9.17) is 23.2 Å². The molecule has 2 fully saturated rings. The van der Waals surface area contributed by atoms with Gasteiger partial charge in [0.2, 0.25) is 0 Å². The molecule has 1 saturated heterocycles. The van der Waals surface area contributed by atoms with E-state index in [0.717, 1.165) is 19.5 Å². The molecule has 0 radical (unpaired) electrons. The van der Waals surface area contributed by atoms with E-state index in [1.54, 1.807) is 4.90 Å². The normalized spacial score (nSPS) is 20.6. The maximum Gasteiger partial charge on any atom is 0.259 e. The molecule has 0 aromatic heterocycles. The van der Waals surface area contributed by atoms with Crippen LogP contribution in [0.2, 0.25) is 10.0 Å². The number of amides is 1. The van der Waals surface area contributed by atoms with E-state index in [-0.39, 0.29) is 22.2 Å². The third-order valence-electron chi connectivity index (χ3n) is 4.43. The van der Waals surface area contributed by atoms with Crippen molar-refractivity contribution in [2.24, 2.45) is 5.41 Å². The SMILES string of the molecule is O=C(c1c(O)ccc(Cl)c1Cl)N1CCC2(CCC2)C1. The van der Waals surface area contributed by atoms with Crippen LogP contribution in [-0.4, -0.2) is 29.0 Å². The number of benzene rings is 1. The second-order valence-electron chi connectivity index (χ2n) is 5.59. The van der Waals surface area contributed by atoms with Gasteiger partial charge in [-0.1, -0.05) is 29.6 Å². The van der Waals surface area contributed by atoms with Gasteiger partial charge in [0.05, 0.1) is 10.0 Å². The zero-order chi connectivity index (χ0) is 13.6. The van der Waals surface area contributed by atoms with Crippen molar-refractivity contribution < 1.29 is 9.90 Å². The smallest absolute Gasteiger partial charge is 0.259 e. The highest BCUT2D eigenvalue weighted by Gasteiger charge is 2.44. The van der Waals surface area contributed by atoms with Crippen LogP contribution in [0.1, 0.15) is 36.0 Å². The van der Waals surface area contributed by atoms with Crippen LogP contribution in [0.3, 0.4) is 0 Å². The van der Waals surface area contributed by atoms with Crippen molar-refractivity contribution in [3.05, 3.63) is 27.7 Å². The van der Waals surface area contributed by atoms with E-state index in [9.17, 15) is 9.90 Å². The first-order valence-corrected chi connectivity index (χ1v) is 7.24. The second-order valence-corrected chi connectivity index (χ2v) is 6.37. The zero-order valence-electron chi connectivity index (χ0n) is 10.5. The highest BCUT2D eigenvalue weighted by atomic mass is 35.5. The van der Waals surface area contributed by atoms with E-state index in [1.165, 1.54) is 31.4 Å². The molecule has 19 heavy (non-hydrogen) atoms. The van der Waals surface area contributed by atoms with Gasteiger partial charge in [-0.25, -0.2) is 0 Å². The molecule has 1 spiro atoms. The summed E-state index contributed by atoms with van der Waals surface area (Å²) in [7, 11) is 0. The number of hydrogen-bond acceptors (Lipinski definition) is 2. The van der Waals surface area contributed by atoms with Gasteiger partial charge in [-0.2, -0.15) is 0 Å². The second kappa shape index (κ2) is 4.57. The van der Waals surface area contributed by atoms with Crippen molar-refractivity contribution in [3.8, 4) is 5.75 Å². The highest BCUT2D eigenvalue weighted by Crippen LogP contribution is 2.48. The predicted octanol–water partition coefficient (Wildman–Crippen LogP) is 3.72. The zero-order valence-corrected chi connectivity index (χ0v) is 12.0. The molecule has 0 unspecified atom stereocenters. The Morgan fingerprint density at radius 1 is 1.26 bits per heavy atom. The summed E-state index contributed by atoms with van der Waals surface area (Å²) < 4.78 is 0. The minimum absolute atomic E-state index is 0.103. The van der Waals surface area contributed by atoms with Crippen molar-refractivity contribution in [2.45, 2.75) is 25.7 Å². The Balaban J connectivity index is 1.87. The number of rotatable bonds is 1. The van der Waals surface area contributed by atoms with Gasteiger partial charge in [-0.15, -0.1) is 0 Å². The molecule has 1 N–H and O–H groups in total. The minimum atomic E-state index is -0.214. The molecule has 102 valence electrons. The van der Waals surface area contributed by atoms with Crippen LogP contribution < -0.4 is 0 Å². The summed E-state index contributed by atoms with van der Waals surface area (Å²) in [5.41, 5.74) is 0.460. The fraction of sp³-hybridized carbons (Fsp3) is 0.500. The molecular formula is C14H15Cl2NO2. The highest BCUT2D eigenvalue weighted by molar-refractivity contribution is 6.44. The summed E-state index contributed by atoms with van der Waals surface area (Å²) in [6, 6.07) is 2.91. The molecular weight excluding hydrogens is 285 g/mol. The molecule has 0 bridgehead atoms. The van der Waals surface area contributed by atoms with E-state index >= 15 is 0 Å². The first-order chi connectivity index (χ1) is 9.02. The number of nitrogens with zero attached hydrogens (tertiary/aromatic N) is 1. The number of phenols is 1. The summed E-state index contributed by atoms with van der Waals surface area (Å²) >= 11 is 12.0. The molecule has 3 nitrogen and oxygen atoms in total. The van der Waals surface area contributed by atoms with Gasteiger partial charge in [0.15, 0.2) is 0 Å². The standard InChI is InChI=1S/C14H15Cl2NO2/c15-9-2-3-10(18)11(12(9)16)13(19)17-7-6-14(8-17)4-1-5-14/h2-3,18H,1,4-8H2. The summed E-state index contributed by atoms with van der Waals surface area (Å²) in [4.78, 5) is 14.3. The Morgan fingerprint density at radius 3 is 2.58 bits per heavy atom. The first-order valence-electron chi connectivity index (χ1n) is 6.49. The summed E-state index contributed by atoms with van der Waals surface area (Å²) in [6.07, 6.45) is 4.71. The fourth-order valence-electron chi connectivity index (χ4n) is 3.10. The molecule has 2 aliphatic rings. The summed E-state index contributed by atoms with van der Waals surface area (Å²) in [5, 5.41) is 10.3. The van der Waals surface area contributed by atoms with Crippen molar-refractivity contribution in [2.75, 3.05) is 13.1 Å². The monoisotopic (exact) mass is 299 g/mol. The minimum Gasteiger partial charge on any atom is -0.507 e. The predicted molar refractivity (Wildman–Crippen MR) is 74.9 cm³/mol. The lowest BCUT2D eigenvalue weighted by molar-refractivity contribution is 0.0729. The van der Waals surface area contributed by atoms with Crippen LogP contribution in [-0.2, 0) is 0 Å². The molecule has 1 aliphatic carbocycles. The Kier molecular flexibility index (Phi) is 3.14. The molecule has 0 atom stereocenters. The Bertz CT molecular complexity index is 540. The van der Waals surface area contributed by atoms with Crippen LogP contribution in [0.5, 0.6) is 5.75 Å². The van der Waals surface area contributed by atoms with Gasteiger partial charge in [0.1, 0.15) is 11.3 Å². The van der Waals surface area contributed by atoms with Gasteiger partial charge in [-0.05, 0) is 36.8 Å². The third kappa shape index (κ3) is 2.09. The molecule has 1 aliphatic heterocycles. The van der Waals surface area contributed by atoms with Crippen molar-refractivity contribution >= 4 is 29.1 Å². The average Bonchev–Trinajstić information content (AvgIpc) is 2.79. The Labute approximate surface area is 122 Å². The maximum atomic E-state index is 12.5. The number of hydrogen-bond donors (Lipinski definition) is 1. The summed E-state index contributed by atoms with van der Waals surface area (Å²) in [6.45, 7) is 1.51. The summed E-state index contributed by atoms with van der Waals surface area (Å²) in [5.74, 6) is -0.317. The Hall–Kier alpha value is -0.930. The lowest BCUT2D eigenvalue weighted by Crippen LogP contribution is -2.36. The van der Waals surface area contributed by atoms with Crippen molar-refractivity contribution in [1.29, 1.82) is 0 Å². The fourth-order valence-corrected chi connectivity index (χ4v) is 3.49. The van der Waals surface area contributed by atoms with Crippen LogP contribution in [0.25, 0.3) is 0 Å². The van der Waals surface area contributed by atoms with E-state index in [1.807, 2.05) is 0 Å². The van der Waals surface area contributed by atoms with Gasteiger partial charge < -0.3 is 10.0 Å². The largest absolute Gasteiger partial charge is 0.507 e. The average molecular weight is 300 g/mol. The van der Waals surface area contributed by atoms with Crippen LogP contribution >= 0.6 is 23.2 Å². The molecule has 1 heterocycles. The molecule has 1 aromatic rings.